The van der Waals surface area contributed by atoms with E-state index >= 15 is 0 Å². The molecule has 0 aliphatic heterocycles. The molecule has 1 aliphatic rings. The Morgan fingerprint density at radius 2 is 1.48 bits per heavy atom. The van der Waals surface area contributed by atoms with Crippen LogP contribution >= 0.6 is 23.5 Å². The van der Waals surface area contributed by atoms with Crippen LogP contribution in [0, 0.1) is 5.92 Å². The average Bonchev–Trinajstić information content (AvgIpc) is 2.67. The zero-order valence-electron chi connectivity index (χ0n) is 14.4. The average molecular weight is 369 g/mol. The quantitative estimate of drug-likeness (QED) is 0.422. The van der Waals surface area contributed by atoms with E-state index in [0.29, 0.717) is 5.92 Å². The molecule has 0 spiro atoms. The van der Waals surface area contributed by atoms with Gasteiger partial charge < -0.3 is 0 Å². The zero-order chi connectivity index (χ0) is 17.3. The van der Waals surface area contributed by atoms with Gasteiger partial charge in [-0.25, -0.2) is 0 Å². The van der Waals surface area contributed by atoms with Gasteiger partial charge in [-0.1, -0.05) is 61.7 Å². The molecule has 0 unspecified atom stereocenters. The molecule has 2 aromatic rings. The minimum atomic E-state index is 0.195. The third kappa shape index (κ3) is 6.09. The fourth-order valence-corrected chi connectivity index (χ4v) is 4.87. The molecule has 0 saturated heterocycles. The molecule has 2 aromatic carbocycles. The molecule has 3 heteroatoms. The van der Waals surface area contributed by atoms with E-state index in [-0.39, 0.29) is 5.12 Å². The first-order chi connectivity index (χ1) is 12.3. The molecule has 130 valence electrons. The monoisotopic (exact) mass is 368 g/mol. The minimum Gasteiger partial charge on any atom is -0.282 e. The van der Waals surface area contributed by atoms with Crippen molar-refractivity contribution in [3.63, 3.8) is 0 Å². The largest absolute Gasteiger partial charge is 0.282 e. The van der Waals surface area contributed by atoms with Gasteiger partial charge in [-0.05, 0) is 54.8 Å². The molecule has 1 fully saturated rings. The van der Waals surface area contributed by atoms with Crippen LogP contribution in [-0.4, -0.2) is 10.9 Å². The lowest BCUT2D eigenvalue weighted by molar-refractivity contribution is -0.107. The van der Waals surface area contributed by atoms with Gasteiger partial charge >= 0.3 is 0 Å². The Hall–Kier alpha value is -1.45. The van der Waals surface area contributed by atoms with Crippen molar-refractivity contribution in [2.45, 2.75) is 41.9 Å². The van der Waals surface area contributed by atoms with Crippen molar-refractivity contribution in [1.82, 2.24) is 0 Å². The molecule has 0 amide bonds. The standard InChI is InChI=1S/C22H24OS2/c23-22(25-21-14-8-3-9-15-21)19(16-18-10-4-1-5-11-18)17-24-20-12-6-2-7-13-20/h2-3,6-9,12-16,18H,1,4-5,10-11,17H2/b19-16-. The summed E-state index contributed by atoms with van der Waals surface area (Å²) in [7, 11) is 0. The predicted molar refractivity (Wildman–Crippen MR) is 109 cm³/mol. The van der Waals surface area contributed by atoms with Gasteiger partial charge in [0.1, 0.15) is 0 Å². The molecule has 1 saturated carbocycles. The number of hydrogen-bond donors (Lipinski definition) is 0. The van der Waals surface area contributed by atoms with E-state index in [0.717, 1.165) is 16.2 Å². The highest BCUT2D eigenvalue weighted by atomic mass is 32.2. The van der Waals surface area contributed by atoms with Crippen molar-refractivity contribution in [3.8, 4) is 0 Å². The molecule has 25 heavy (non-hydrogen) atoms. The maximum Gasteiger partial charge on any atom is 0.220 e. The number of thioether (sulfide) groups is 2. The SMILES string of the molecule is O=C(Sc1ccccc1)/C(=C\C1CCCCC1)CSc1ccccc1. The van der Waals surface area contributed by atoms with Crippen LogP contribution in [0.3, 0.4) is 0 Å². The van der Waals surface area contributed by atoms with Crippen LogP contribution < -0.4 is 0 Å². The second kappa shape index (κ2) is 9.88. The van der Waals surface area contributed by atoms with Gasteiger partial charge in [0.05, 0.1) is 0 Å². The van der Waals surface area contributed by atoms with Crippen molar-refractivity contribution in [3.05, 3.63) is 72.3 Å². The Morgan fingerprint density at radius 3 is 2.12 bits per heavy atom. The van der Waals surface area contributed by atoms with E-state index in [2.05, 4.69) is 18.2 Å². The Labute approximate surface area is 159 Å². The van der Waals surface area contributed by atoms with Gasteiger partial charge in [0.15, 0.2) is 0 Å². The van der Waals surface area contributed by atoms with Crippen molar-refractivity contribution in [2.24, 2.45) is 5.92 Å². The summed E-state index contributed by atoms with van der Waals surface area (Å²) in [4.78, 5) is 15.1. The van der Waals surface area contributed by atoms with Crippen LogP contribution in [-0.2, 0) is 4.79 Å². The molecule has 0 heterocycles. The van der Waals surface area contributed by atoms with Gasteiger partial charge in [0.25, 0.3) is 0 Å². The third-order valence-electron chi connectivity index (χ3n) is 4.44. The fourth-order valence-electron chi connectivity index (χ4n) is 3.10. The van der Waals surface area contributed by atoms with Crippen molar-refractivity contribution in [1.29, 1.82) is 0 Å². The van der Waals surface area contributed by atoms with Crippen LogP contribution in [0.2, 0.25) is 0 Å². The van der Waals surface area contributed by atoms with Crippen LogP contribution in [0.4, 0.5) is 0 Å². The molecule has 0 aromatic heterocycles. The van der Waals surface area contributed by atoms with E-state index in [4.69, 9.17) is 0 Å². The number of carbonyl (C=O) groups excluding carboxylic acids is 1. The topological polar surface area (TPSA) is 17.1 Å². The van der Waals surface area contributed by atoms with Gasteiger partial charge in [-0.2, -0.15) is 0 Å². The van der Waals surface area contributed by atoms with E-state index < -0.39 is 0 Å². The highest BCUT2D eigenvalue weighted by molar-refractivity contribution is 8.14. The van der Waals surface area contributed by atoms with E-state index in [9.17, 15) is 4.79 Å². The summed E-state index contributed by atoms with van der Waals surface area (Å²) >= 11 is 3.11. The van der Waals surface area contributed by atoms with Crippen molar-refractivity contribution in [2.75, 3.05) is 5.75 Å². The van der Waals surface area contributed by atoms with Crippen molar-refractivity contribution >= 4 is 28.6 Å². The summed E-state index contributed by atoms with van der Waals surface area (Å²) in [6.45, 7) is 0. The Bertz CT molecular complexity index is 688. The number of hydrogen-bond acceptors (Lipinski definition) is 3. The minimum absolute atomic E-state index is 0.195. The molecule has 0 atom stereocenters. The normalized spacial score (nSPS) is 15.9. The maximum absolute atomic E-state index is 12.9. The van der Waals surface area contributed by atoms with E-state index in [1.807, 2.05) is 48.5 Å². The van der Waals surface area contributed by atoms with Crippen LogP contribution in [0.25, 0.3) is 0 Å². The number of allylic oxidation sites excluding steroid dienone is 1. The summed E-state index contributed by atoms with van der Waals surface area (Å²) < 4.78 is 0. The van der Waals surface area contributed by atoms with Gasteiger partial charge in [0, 0.05) is 21.1 Å². The zero-order valence-corrected chi connectivity index (χ0v) is 16.0. The lowest BCUT2D eigenvalue weighted by atomic mass is 9.88. The van der Waals surface area contributed by atoms with Gasteiger partial charge in [-0.3, -0.25) is 4.79 Å². The second-order valence-electron chi connectivity index (χ2n) is 6.39. The molecule has 0 N–H and O–H groups in total. The number of benzene rings is 2. The summed E-state index contributed by atoms with van der Waals surface area (Å²) in [5.41, 5.74) is 0.967. The first-order valence-corrected chi connectivity index (χ1v) is 10.8. The first kappa shape index (κ1) is 18.3. The molecular weight excluding hydrogens is 344 g/mol. The van der Waals surface area contributed by atoms with E-state index in [1.54, 1.807) is 11.8 Å². The summed E-state index contributed by atoms with van der Waals surface area (Å²) in [5, 5.41) is 0.195. The summed E-state index contributed by atoms with van der Waals surface area (Å²) in [5.74, 6) is 1.32. The maximum atomic E-state index is 12.9. The smallest absolute Gasteiger partial charge is 0.220 e. The Kier molecular flexibility index (Phi) is 7.25. The highest BCUT2D eigenvalue weighted by Crippen LogP contribution is 2.31. The highest BCUT2D eigenvalue weighted by Gasteiger charge is 2.17. The fraction of sp³-hybridized carbons (Fsp3) is 0.318. The molecule has 1 nitrogen and oxygen atoms in total. The van der Waals surface area contributed by atoms with E-state index in [1.165, 1.54) is 48.8 Å². The first-order valence-electron chi connectivity index (χ1n) is 8.97. The molecular formula is C22H24OS2. The summed E-state index contributed by atoms with van der Waals surface area (Å²) in [6.07, 6.45) is 8.64. The Morgan fingerprint density at radius 1 is 0.880 bits per heavy atom. The number of rotatable bonds is 6. The van der Waals surface area contributed by atoms with Gasteiger partial charge in [0.2, 0.25) is 5.12 Å². The van der Waals surface area contributed by atoms with Crippen molar-refractivity contribution < 1.29 is 4.79 Å². The lowest BCUT2D eigenvalue weighted by Crippen LogP contribution is -2.08. The molecule has 1 aliphatic carbocycles. The van der Waals surface area contributed by atoms with Gasteiger partial charge in [-0.15, -0.1) is 11.8 Å². The molecule has 0 radical (unpaired) electrons. The predicted octanol–water partition coefficient (Wildman–Crippen LogP) is 6.60. The third-order valence-corrected chi connectivity index (χ3v) is 6.46. The Balaban J connectivity index is 1.70. The van der Waals surface area contributed by atoms with Crippen LogP contribution in [0.5, 0.6) is 0 Å². The van der Waals surface area contributed by atoms with Crippen LogP contribution in [0.15, 0.2) is 82.1 Å². The van der Waals surface area contributed by atoms with Crippen LogP contribution in [0.1, 0.15) is 32.1 Å². The lowest BCUT2D eigenvalue weighted by Gasteiger charge is -2.19. The second-order valence-corrected chi connectivity index (χ2v) is 8.49. The molecule has 0 bridgehead atoms. The number of carbonyl (C=O) groups is 1. The summed E-state index contributed by atoms with van der Waals surface area (Å²) in [6, 6.07) is 20.3. The molecule has 3 rings (SSSR count).